The molecule has 0 amide bonds. The number of hydrogen-bond donors (Lipinski definition) is 2. The molecule has 0 saturated heterocycles. The third-order valence-corrected chi connectivity index (χ3v) is 4.45. The Hall–Kier alpha value is -3.48. The number of methoxy groups -OCH3 is 1. The molecule has 0 heterocycles. The van der Waals surface area contributed by atoms with Gasteiger partial charge in [-0.25, -0.2) is 0 Å². The van der Waals surface area contributed by atoms with Gasteiger partial charge in [0.1, 0.15) is 24.2 Å². The first-order valence-corrected chi connectivity index (χ1v) is 9.37. The van der Waals surface area contributed by atoms with Crippen molar-refractivity contribution in [3.05, 3.63) is 95.1 Å². The summed E-state index contributed by atoms with van der Waals surface area (Å²) in [6.45, 7) is -0.0904. The van der Waals surface area contributed by atoms with Crippen molar-refractivity contribution in [2.45, 2.75) is 6.10 Å². The van der Waals surface area contributed by atoms with Crippen LogP contribution in [-0.2, 0) is 4.74 Å². The van der Waals surface area contributed by atoms with E-state index >= 15 is 0 Å². The largest absolute Gasteiger partial charge is 0.507 e. The Morgan fingerprint density at radius 1 is 0.833 bits per heavy atom. The summed E-state index contributed by atoms with van der Waals surface area (Å²) in [5.74, 6) is -1.03. The maximum Gasteiger partial charge on any atom is 0.196 e. The maximum atomic E-state index is 13.1. The average Bonchev–Trinajstić information content (AvgIpc) is 2.78. The Morgan fingerprint density at radius 3 is 1.90 bits per heavy atom. The molecule has 3 aromatic rings. The van der Waals surface area contributed by atoms with Gasteiger partial charge in [0, 0.05) is 24.3 Å². The van der Waals surface area contributed by atoms with Crippen LogP contribution in [0.1, 0.15) is 31.8 Å². The molecule has 3 rings (SSSR count). The van der Waals surface area contributed by atoms with Gasteiger partial charge in [-0.15, -0.1) is 0 Å². The van der Waals surface area contributed by atoms with Gasteiger partial charge in [0.05, 0.1) is 17.7 Å². The molecule has 154 valence electrons. The van der Waals surface area contributed by atoms with Gasteiger partial charge in [-0.05, 0) is 6.07 Å². The van der Waals surface area contributed by atoms with Crippen LogP contribution in [0.25, 0.3) is 0 Å². The second kappa shape index (κ2) is 9.82. The third-order valence-electron chi connectivity index (χ3n) is 4.45. The van der Waals surface area contributed by atoms with E-state index in [1.54, 1.807) is 60.7 Å². The lowest BCUT2D eigenvalue weighted by Gasteiger charge is -2.16. The first-order valence-electron chi connectivity index (χ1n) is 9.37. The summed E-state index contributed by atoms with van der Waals surface area (Å²) in [4.78, 5) is 26.0. The van der Waals surface area contributed by atoms with Gasteiger partial charge in [0.25, 0.3) is 0 Å². The van der Waals surface area contributed by atoms with Crippen molar-refractivity contribution in [1.82, 2.24) is 0 Å². The fraction of sp³-hybridized carbons (Fsp3) is 0.167. The zero-order valence-electron chi connectivity index (χ0n) is 16.4. The Morgan fingerprint density at radius 2 is 1.37 bits per heavy atom. The highest BCUT2D eigenvalue weighted by molar-refractivity contribution is 6.15. The van der Waals surface area contributed by atoms with E-state index in [1.807, 2.05) is 0 Å². The van der Waals surface area contributed by atoms with Gasteiger partial charge < -0.3 is 19.7 Å². The van der Waals surface area contributed by atoms with Crippen LogP contribution in [0.4, 0.5) is 0 Å². The molecule has 0 bridgehead atoms. The smallest absolute Gasteiger partial charge is 0.196 e. The van der Waals surface area contributed by atoms with E-state index < -0.39 is 11.9 Å². The van der Waals surface area contributed by atoms with E-state index in [4.69, 9.17) is 9.47 Å². The molecule has 0 aliphatic heterocycles. The van der Waals surface area contributed by atoms with Crippen molar-refractivity contribution in [1.29, 1.82) is 0 Å². The summed E-state index contributed by atoms with van der Waals surface area (Å²) in [5, 5.41) is 20.3. The molecule has 0 radical (unpaired) electrons. The van der Waals surface area contributed by atoms with E-state index in [1.165, 1.54) is 19.2 Å². The molecule has 6 nitrogen and oxygen atoms in total. The lowest BCUT2D eigenvalue weighted by Crippen LogP contribution is -2.23. The van der Waals surface area contributed by atoms with Crippen LogP contribution in [-0.4, -0.2) is 48.2 Å². The highest BCUT2D eigenvalue weighted by Crippen LogP contribution is 2.32. The average molecular weight is 406 g/mol. The van der Waals surface area contributed by atoms with Crippen molar-refractivity contribution < 1.29 is 29.3 Å². The number of carbonyl (C=O) groups excluding carboxylic acids is 2. The molecule has 0 aromatic heterocycles. The maximum absolute atomic E-state index is 13.1. The molecular weight excluding hydrogens is 384 g/mol. The quantitative estimate of drug-likeness (QED) is 0.530. The molecule has 0 spiro atoms. The Bertz CT molecular complexity index is 1010. The topological polar surface area (TPSA) is 93.1 Å². The Kier molecular flexibility index (Phi) is 6.95. The van der Waals surface area contributed by atoms with Gasteiger partial charge >= 0.3 is 0 Å². The Balaban J connectivity index is 2.02. The number of aliphatic hydroxyl groups excluding tert-OH is 1. The number of ether oxygens (including phenoxy) is 2. The van der Waals surface area contributed by atoms with Crippen LogP contribution in [0, 0.1) is 0 Å². The van der Waals surface area contributed by atoms with E-state index in [9.17, 15) is 19.8 Å². The summed E-state index contributed by atoms with van der Waals surface area (Å²) >= 11 is 0. The number of rotatable bonds is 9. The SMILES string of the molecule is COCC(O)COc1cc(O)c(C(=O)c2ccccc2)cc1C(=O)c1ccccc1. The third kappa shape index (κ3) is 4.92. The fourth-order valence-electron chi connectivity index (χ4n) is 2.96. The summed E-state index contributed by atoms with van der Waals surface area (Å²) in [6, 6.07) is 19.6. The van der Waals surface area contributed by atoms with Gasteiger partial charge in [-0.3, -0.25) is 9.59 Å². The van der Waals surface area contributed by atoms with Gasteiger partial charge in [0.2, 0.25) is 0 Å². The van der Waals surface area contributed by atoms with Crippen LogP contribution in [0.2, 0.25) is 0 Å². The lowest BCUT2D eigenvalue weighted by molar-refractivity contribution is 0.0322. The van der Waals surface area contributed by atoms with Crippen molar-refractivity contribution in [2.75, 3.05) is 20.3 Å². The van der Waals surface area contributed by atoms with E-state index in [0.717, 1.165) is 0 Å². The molecule has 0 saturated carbocycles. The number of carbonyl (C=O) groups is 2. The standard InChI is InChI=1S/C24H22O6/c1-29-14-18(25)15-30-22-13-21(26)19(23(27)16-8-4-2-5-9-16)12-20(22)24(28)17-10-6-3-7-11-17/h2-13,18,25-26H,14-15H2,1H3. The van der Waals surface area contributed by atoms with E-state index in [-0.39, 0.29) is 41.6 Å². The number of phenols is 1. The number of aliphatic hydroxyl groups is 1. The summed E-state index contributed by atoms with van der Waals surface area (Å²) in [5.41, 5.74) is 0.895. The number of aromatic hydroxyl groups is 1. The molecule has 0 aliphatic rings. The van der Waals surface area contributed by atoms with Crippen LogP contribution >= 0.6 is 0 Å². The molecule has 3 aromatic carbocycles. The predicted octanol–water partition coefficient (Wildman–Crippen LogP) is 3.24. The van der Waals surface area contributed by atoms with Crippen molar-refractivity contribution >= 4 is 11.6 Å². The summed E-state index contributed by atoms with van der Waals surface area (Å²) in [7, 11) is 1.45. The monoisotopic (exact) mass is 406 g/mol. The van der Waals surface area contributed by atoms with E-state index in [2.05, 4.69) is 0 Å². The first-order chi connectivity index (χ1) is 14.5. The van der Waals surface area contributed by atoms with Gasteiger partial charge in [-0.2, -0.15) is 0 Å². The number of ketones is 2. The van der Waals surface area contributed by atoms with Gasteiger partial charge in [0.15, 0.2) is 11.6 Å². The summed E-state index contributed by atoms with van der Waals surface area (Å²) in [6.07, 6.45) is -0.914. The van der Waals surface area contributed by atoms with Crippen LogP contribution in [0.15, 0.2) is 72.8 Å². The second-order valence-corrected chi connectivity index (χ2v) is 6.68. The number of benzene rings is 3. The predicted molar refractivity (Wildman–Crippen MR) is 111 cm³/mol. The van der Waals surface area contributed by atoms with E-state index in [0.29, 0.717) is 11.1 Å². The van der Waals surface area contributed by atoms with Crippen LogP contribution in [0.5, 0.6) is 11.5 Å². The fourth-order valence-corrected chi connectivity index (χ4v) is 2.96. The number of phenolic OH excluding ortho intramolecular Hbond substituents is 1. The molecule has 30 heavy (non-hydrogen) atoms. The van der Waals surface area contributed by atoms with Crippen LogP contribution in [0.3, 0.4) is 0 Å². The summed E-state index contributed by atoms with van der Waals surface area (Å²) < 4.78 is 10.5. The zero-order valence-corrected chi connectivity index (χ0v) is 16.4. The molecule has 1 unspecified atom stereocenters. The van der Waals surface area contributed by atoms with Crippen molar-refractivity contribution in [3.63, 3.8) is 0 Å². The minimum absolute atomic E-state index is 0.00901. The lowest BCUT2D eigenvalue weighted by atomic mass is 9.96. The molecule has 0 aliphatic carbocycles. The molecule has 1 atom stereocenters. The highest BCUT2D eigenvalue weighted by atomic mass is 16.5. The second-order valence-electron chi connectivity index (χ2n) is 6.68. The minimum Gasteiger partial charge on any atom is -0.507 e. The minimum atomic E-state index is -0.914. The Labute approximate surface area is 174 Å². The normalized spacial score (nSPS) is 11.7. The zero-order chi connectivity index (χ0) is 21.5. The molecular formula is C24H22O6. The number of hydrogen-bond acceptors (Lipinski definition) is 6. The van der Waals surface area contributed by atoms with Crippen LogP contribution < -0.4 is 4.74 Å². The molecule has 0 fully saturated rings. The van der Waals surface area contributed by atoms with Crippen molar-refractivity contribution in [3.8, 4) is 11.5 Å². The molecule has 6 heteroatoms. The first kappa shape index (κ1) is 21.2. The highest BCUT2D eigenvalue weighted by Gasteiger charge is 2.22. The van der Waals surface area contributed by atoms with Crippen molar-refractivity contribution in [2.24, 2.45) is 0 Å². The van der Waals surface area contributed by atoms with Gasteiger partial charge in [-0.1, -0.05) is 60.7 Å². The molecule has 2 N–H and O–H groups in total.